The first-order valence-electron chi connectivity index (χ1n) is 9.18. The van der Waals surface area contributed by atoms with Crippen LogP contribution in [0.4, 0.5) is 5.69 Å². The maximum atomic E-state index is 12.4. The average Bonchev–Trinajstić information content (AvgIpc) is 2.67. The van der Waals surface area contributed by atoms with Gasteiger partial charge in [0.05, 0.1) is 6.61 Å². The maximum absolute atomic E-state index is 12.4. The molecule has 4 heteroatoms. The van der Waals surface area contributed by atoms with E-state index in [1.807, 2.05) is 67.6 Å². The van der Waals surface area contributed by atoms with Gasteiger partial charge in [0, 0.05) is 17.7 Å². The Hall–Kier alpha value is -2.62. The Labute approximate surface area is 155 Å². The zero-order valence-corrected chi connectivity index (χ0v) is 15.5. The predicted octanol–water partition coefficient (Wildman–Crippen LogP) is 4.72. The second-order valence-electron chi connectivity index (χ2n) is 6.40. The highest BCUT2D eigenvalue weighted by Crippen LogP contribution is 2.19. The average molecular weight is 353 g/mol. The second-order valence-corrected chi connectivity index (χ2v) is 6.40. The number of anilines is 1. The standard InChI is InChI=1S/C22H27NO3/c1-3-26-22(25)21(23-19-14-8-5-9-15-19)17(2)11-10-16-20(24)18-12-6-4-7-13-18/h4-9,12-15,17,21,23H,3,10-11,16H2,1-2H3. The van der Waals surface area contributed by atoms with Gasteiger partial charge in [-0.05, 0) is 37.8 Å². The van der Waals surface area contributed by atoms with Crippen molar-refractivity contribution in [3.05, 3.63) is 66.2 Å². The van der Waals surface area contributed by atoms with Crippen molar-refractivity contribution in [1.82, 2.24) is 0 Å². The lowest BCUT2D eigenvalue weighted by Gasteiger charge is -2.24. The molecule has 0 aliphatic carbocycles. The van der Waals surface area contributed by atoms with E-state index in [1.54, 1.807) is 6.92 Å². The zero-order chi connectivity index (χ0) is 18.8. The number of ketones is 1. The van der Waals surface area contributed by atoms with Crippen LogP contribution in [0.1, 0.15) is 43.5 Å². The third kappa shape index (κ3) is 6.03. The number of carbonyl (C=O) groups excluding carboxylic acids is 2. The number of Topliss-reactive ketones (excluding diaryl/α,β-unsaturated/α-hetero) is 1. The molecule has 0 heterocycles. The minimum Gasteiger partial charge on any atom is -0.464 e. The SMILES string of the molecule is CCOC(=O)C(Nc1ccccc1)C(C)CCCC(=O)c1ccccc1. The summed E-state index contributed by atoms with van der Waals surface area (Å²) in [6.45, 7) is 4.18. The van der Waals surface area contributed by atoms with E-state index in [4.69, 9.17) is 4.74 Å². The molecule has 0 bridgehead atoms. The van der Waals surface area contributed by atoms with Crippen LogP contribution in [-0.4, -0.2) is 24.4 Å². The van der Waals surface area contributed by atoms with Gasteiger partial charge in [-0.15, -0.1) is 0 Å². The third-order valence-electron chi connectivity index (χ3n) is 4.36. The Morgan fingerprint density at radius 2 is 1.62 bits per heavy atom. The zero-order valence-electron chi connectivity index (χ0n) is 15.5. The number of benzene rings is 2. The molecule has 0 spiro atoms. The largest absolute Gasteiger partial charge is 0.464 e. The van der Waals surface area contributed by atoms with Crippen LogP contribution in [-0.2, 0) is 9.53 Å². The first kappa shape index (κ1) is 19.7. The molecule has 0 aliphatic rings. The molecule has 2 atom stereocenters. The first-order chi connectivity index (χ1) is 12.6. The topological polar surface area (TPSA) is 55.4 Å². The molecular formula is C22H27NO3. The van der Waals surface area contributed by atoms with E-state index in [9.17, 15) is 9.59 Å². The van der Waals surface area contributed by atoms with Crippen molar-refractivity contribution in [2.24, 2.45) is 5.92 Å². The molecule has 2 aromatic rings. The molecule has 0 amide bonds. The summed E-state index contributed by atoms with van der Waals surface area (Å²) in [6.07, 6.45) is 1.98. The number of rotatable bonds is 10. The summed E-state index contributed by atoms with van der Waals surface area (Å²) >= 11 is 0. The van der Waals surface area contributed by atoms with Gasteiger partial charge >= 0.3 is 5.97 Å². The predicted molar refractivity (Wildman–Crippen MR) is 104 cm³/mol. The maximum Gasteiger partial charge on any atom is 0.328 e. The Balaban J connectivity index is 1.92. The van der Waals surface area contributed by atoms with Gasteiger partial charge in [-0.3, -0.25) is 4.79 Å². The number of esters is 1. The molecule has 0 aliphatic heterocycles. The normalized spacial score (nSPS) is 12.8. The van der Waals surface area contributed by atoms with Crippen molar-refractivity contribution in [3.8, 4) is 0 Å². The lowest BCUT2D eigenvalue weighted by atomic mass is 9.94. The van der Waals surface area contributed by atoms with Gasteiger partial charge in [-0.1, -0.05) is 55.5 Å². The van der Waals surface area contributed by atoms with Crippen LogP contribution in [0.3, 0.4) is 0 Å². The summed E-state index contributed by atoms with van der Waals surface area (Å²) in [5.41, 5.74) is 1.63. The highest BCUT2D eigenvalue weighted by atomic mass is 16.5. The summed E-state index contributed by atoms with van der Waals surface area (Å²) < 4.78 is 5.23. The Morgan fingerprint density at radius 1 is 1.00 bits per heavy atom. The van der Waals surface area contributed by atoms with Gasteiger partial charge in [0.2, 0.25) is 0 Å². The van der Waals surface area contributed by atoms with E-state index in [1.165, 1.54) is 0 Å². The van der Waals surface area contributed by atoms with E-state index in [0.717, 1.165) is 24.1 Å². The number of hydrogen-bond acceptors (Lipinski definition) is 4. The molecule has 0 saturated carbocycles. The van der Waals surface area contributed by atoms with Gasteiger partial charge < -0.3 is 10.1 Å². The van der Waals surface area contributed by atoms with Crippen molar-refractivity contribution in [2.75, 3.05) is 11.9 Å². The van der Waals surface area contributed by atoms with Crippen molar-refractivity contribution in [2.45, 2.75) is 39.2 Å². The fraction of sp³-hybridized carbons (Fsp3) is 0.364. The minimum atomic E-state index is -0.427. The number of para-hydroxylation sites is 1. The first-order valence-corrected chi connectivity index (χ1v) is 9.18. The highest BCUT2D eigenvalue weighted by Gasteiger charge is 2.26. The quantitative estimate of drug-likeness (QED) is 0.496. The lowest BCUT2D eigenvalue weighted by Crippen LogP contribution is -2.37. The van der Waals surface area contributed by atoms with Gasteiger partial charge in [-0.25, -0.2) is 4.79 Å². The second kappa shape index (κ2) is 10.4. The van der Waals surface area contributed by atoms with E-state index >= 15 is 0 Å². The van der Waals surface area contributed by atoms with Crippen molar-refractivity contribution < 1.29 is 14.3 Å². The molecular weight excluding hydrogens is 326 g/mol. The minimum absolute atomic E-state index is 0.0535. The van der Waals surface area contributed by atoms with Crippen LogP contribution in [0.25, 0.3) is 0 Å². The number of nitrogens with one attached hydrogen (secondary N) is 1. The van der Waals surface area contributed by atoms with E-state index in [0.29, 0.717) is 13.0 Å². The van der Waals surface area contributed by atoms with E-state index in [-0.39, 0.29) is 17.7 Å². The summed E-state index contributed by atoms with van der Waals surface area (Å²) in [4.78, 5) is 24.6. The fourth-order valence-electron chi connectivity index (χ4n) is 2.90. The van der Waals surface area contributed by atoms with Crippen LogP contribution in [0.15, 0.2) is 60.7 Å². The number of carbonyl (C=O) groups is 2. The van der Waals surface area contributed by atoms with Crippen LogP contribution in [0.5, 0.6) is 0 Å². The summed E-state index contributed by atoms with van der Waals surface area (Å²) in [5, 5.41) is 3.27. The summed E-state index contributed by atoms with van der Waals surface area (Å²) in [5.74, 6) is -0.0578. The molecule has 2 aromatic carbocycles. The fourth-order valence-corrected chi connectivity index (χ4v) is 2.90. The van der Waals surface area contributed by atoms with Crippen LogP contribution in [0, 0.1) is 5.92 Å². The van der Waals surface area contributed by atoms with E-state index in [2.05, 4.69) is 5.32 Å². The molecule has 0 radical (unpaired) electrons. The van der Waals surface area contributed by atoms with Gasteiger partial charge in [0.15, 0.2) is 5.78 Å². The number of hydrogen-bond donors (Lipinski definition) is 1. The molecule has 138 valence electrons. The van der Waals surface area contributed by atoms with Crippen LogP contribution in [0.2, 0.25) is 0 Å². The van der Waals surface area contributed by atoms with Crippen molar-refractivity contribution in [1.29, 1.82) is 0 Å². The molecule has 2 unspecified atom stereocenters. The summed E-state index contributed by atoms with van der Waals surface area (Å²) in [6, 6.07) is 18.5. The molecule has 0 aromatic heterocycles. The smallest absolute Gasteiger partial charge is 0.328 e. The van der Waals surface area contributed by atoms with Crippen molar-refractivity contribution in [3.63, 3.8) is 0 Å². The summed E-state index contributed by atoms with van der Waals surface area (Å²) in [7, 11) is 0. The van der Waals surface area contributed by atoms with Gasteiger partial charge in [0.1, 0.15) is 6.04 Å². The van der Waals surface area contributed by atoms with Gasteiger partial charge in [0.25, 0.3) is 0 Å². The number of ether oxygens (including phenoxy) is 1. The Kier molecular flexibility index (Phi) is 7.87. The third-order valence-corrected chi connectivity index (χ3v) is 4.36. The molecule has 0 fully saturated rings. The molecule has 1 N–H and O–H groups in total. The molecule has 4 nitrogen and oxygen atoms in total. The van der Waals surface area contributed by atoms with E-state index < -0.39 is 6.04 Å². The van der Waals surface area contributed by atoms with Crippen LogP contribution < -0.4 is 5.32 Å². The lowest BCUT2D eigenvalue weighted by molar-refractivity contribution is -0.145. The van der Waals surface area contributed by atoms with Gasteiger partial charge in [-0.2, -0.15) is 0 Å². The molecule has 2 rings (SSSR count). The molecule has 0 saturated heterocycles. The monoisotopic (exact) mass is 353 g/mol. The molecule has 26 heavy (non-hydrogen) atoms. The van der Waals surface area contributed by atoms with Crippen LogP contribution >= 0.6 is 0 Å². The highest BCUT2D eigenvalue weighted by molar-refractivity contribution is 5.95. The van der Waals surface area contributed by atoms with Crippen molar-refractivity contribution >= 4 is 17.4 Å². The Bertz CT molecular complexity index is 685. The Morgan fingerprint density at radius 3 is 2.23 bits per heavy atom.